The Morgan fingerprint density at radius 3 is 2.47 bits per heavy atom. The van der Waals surface area contributed by atoms with Crippen molar-refractivity contribution in [3.05, 3.63) is 36.2 Å². The summed E-state index contributed by atoms with van der Waals surface area (Å²) in [7, 11) is 0. The average molecular weight is 243 g/mol. The van der Waals surface area contributed by atoms with Crippen LogP contribution < -0.4 is 44.7 Å². The van der Waals surface area contributed by atoms with Crippen LogP contribution in [0.2, 0.25) is 0 Å². The molecule has 1 rings (SSSR count). The third kappa shape index (κ3) is 6.36. The predicted octanol–water partition coefficient (Wildman–Crippen LogP) is -1.71. The van der Waals surface area contributed by atoms with Gasteiger partial charge in [-0.25, -0.2) is 0 Å². The van der Waals surface area contributed by atoms with E-state index in [1.165, 1.54) is 6.92 Å². The van der Waals surface area contributed by atoms with Gasteiger partial charge in [0.15, 0.2) is 5.78 Å². The molecule has 1 N–H and O–H groups in total. The van der Waals surface area contributed by atoms with Gasteiger partial charge in [0, 0.05) is 5.69 Å². The number of allylic oxidation sites excluding steroid dienone is 1. The Labute approximate surface area is 123 Å². The topological polar surface area (TPSA) is 61.4 Å². The van der Waals surface area contributed by atoms with Crippen molar-refractivity contribution in [3.63, 3.8) is 0 Å². The summed E-state index contributed by atoms with van der Waals surface area (Å²) in [6.07, 6.45) is 1.01. The van der Waals surface area contributed by atoms with Crippen molar-refractivity contribution in [1.29, 1.82) is 0 Å². The van der Waals surface area contributed by atoms with Crippen LogP contribution in [0.15, 0.2) is 36.2 Å². The molecule has 0 aliphatic rings. The van der Waals surface area contributed by atoms with E-state index in [1.807, 2.05) is 6.92 Å². The van der Waals surface area contributed by atoms with E-state index in [4.69, 9.17) is 4.74 Å². The molecular formula is C12H14NNaO3. The summed E-state index contributed by atoms with van der Waals surface area (Å²) in [4.78, 5) is 10.6. The fourth-order valence-corrected chi connectivity index (χ4v) is 1.16. The van der Waals surface area contributed by atoms with Crippen molar-refractivity contribution in [2.45, 2.75) is 13.8 Å². The van der Waals surface area contributed by atoms with Crippen LogP contribution in [0.3, 0.4) is 0 Å². The molecule has 0 heterocycles. The van der Waals surface area contributed by atoms with Gasteiger partial charge in [-0.3, -0.25) is 4.79 Å². The maximum atomic E-state index is 11.2. The van der Waals surface area contributed by atoms with E-state index in [1.54, 1.807) is 24.3 Å². The molecule has 86 valence electrons. The Balaban J connectivity index is 0.00000256. The zero-order chi connectivity index (χ0) is 12.0. The smallest absolute Gasteiger partial charge is 0.860 e. The molecule has 0 saturated carbocycles. The number of hydrogen-bond acceptors (Lipinski definition) is 4. The van der Waals surface area contributed by atoms with Gasteiger partial charge >= 0.3 is 29.6 Å². The summed E-state index contributed by atoms with van der Waals surface area (Å²) in [5.74, 6) is 0.0520. The van der Waals surface area contributed by atoms with Crippen LogP contribution in [-0.4, -0.2) is 12.4 Å². The number of carbonyl (C=O) groups excluding carboxylic acids is 1. The van der Waals surface area contributed by atoms with E-state index in [2.05, 4.69) is 5.32 Å². The van der Waals surface area contributed by atoms with E-state index in [9.17, 15) is 9.90 Å². The van der Waals surface area contributed by atoms with Crippen LogP contribution in [0.5, 0.6) is 5.75 Å². The number of ketones is 1. The fourth-order valence-electron chi connectivity index (χ4n) is 1.16. The maximum Gasteiger partial charge on any atom is 1.00 e. The molecule has 5 heteroatoms. The molecule has 1 aromatic rings. The first kappa shape index (κ1) is 16.0. The SMILES string of the molecule is CCOc1ccc(N/C([O-])=C/C(C)=O)cc1.[Na+]. The number of nitrogens with one attached hydrogen (secondary N) is 1. The molecule has 0 saturated heterocycles. The van der Waals surface area contributed by atoms with E-state index >= 15 is 0 Å². The molecule has 0 aliphatic carbocycles. The molecule has 17 heavy (non-hydrogen) atoms. The van der Waals surface area contributed by atoms with Crippen LogP contribution in [0, 0.1) is 0 Å². The normalized spacial score (nSPS) is 10.4. The number of rotatable bonds is 5. The summed E-state index contributed by atoms with van der Waals surface area (Å²) in [6, 6.07) is 6.95. The second-order valence-electron chi connectivity index (χ2n) is 3.20. The number of carbonyl (C=O) groups is 1. The Hall–Kier alpha value is -0.970. The first-order chi connectivity index (χ1) is 7.61. The fraction of sp³-hybridized carbons (Fsp3) is 0.250. The standard InChI is InChI=1S/C12H15NO3.Na/c1-3-16-11-6-4-10(5-7-11)13-12(15)8-9(2)14;/h4-8,13,15H,3H2,1-2H3;/q;+1/p-1/b12-8-;. The third-order valence-corrected chi connectivity index (χ3v) is 1.77. The minimum atomic E-state index is -0.420. The third-order valence-electron chi connectivity index (χ3n) is 1.77. The van der Waals surface area contributed by atoms with Gasteiger partial charge in [-0.2, -0.15) is 0 Å². The molecule has 0 unspecified atom stereocenters. The molecular weight excluding hydrogens is 229 g/mol. The number of ether oxygens (including phenoxy) is 1. The first-order valence-electron chi connectivity index (χ1n) is 5.01. The minimum absolute atomic E-state index is 0. The zero-order valence-corrected chi connectivity index (χ0v) is 12.3. The predicted molar refractivity (Wildman–Crippen MR) is 60.0 cm³/mol. The molecule has 0 amide bonds. The van der Waals surface area contributed by atoms with Crippen molar-refractivity contribution in [2.75, 3.05) is 11.9 Å². The van der Waals surface area contributed by atoms with Crippen LogP contribution >= 0.6 is 0 Å². The average Bonchev–Trinajstić information content (AvgIpc) is 2.20. The van der Waals surface area contributed by atoms with E-state index in [-0.39, 0.29) is 35.3 Å². The van der Waals surface area contributed by atoms with Crippen LogP contribution in [0.1, 0.15) is 13.8 Å². The van der Waals surface area contributed by atoms with E-state index in [0.717, 1.165) is 11.8 Å². The van der Waals surface area contributed by atoms with Crippen molar-refractivity contribution in [3.8, 4) is 5.75 Å². The van der Waals surface area contributed by atoms with Gasteiger partial charge in [0.05, 0.1) is 6.61 Å². The van der Waals surface area contributed by atoms with Gasteiger partial charge in [-0.05, 0) is 50.1 Å². The Morgan fingerprint density at radius 2 is 2.00 bits per heavy atom. The summed E-state index contributed by atoms with van der Waals surface area (Å²) >= 11 is 0. The molecule has 4 nitrogen and oxygen atoms in total. The molecule has 0 aromatic heterocycles. The largest absolute Gasteiger partial charge is 1.00 e. The molecule has 0 aliphatic heterocycles. The van der Waals surface area contributed by atoms with Gasteiger partial charge in [-0.15, -0.1) is 0 Å². The van der Waals surface area contributed by atoms with Gasteiger partial charge in [0.25, 0.3) is 0 Å². The molecule has 0 spiro atoms. The monoisotopic (exact) mass is 243 g/mol. The van der Waals surface area contributed by atoms with Crippen molar-refractivity contribution in [2.24, 2.45) is 0 Å². The number of anilines is 1. The summed E-state index contributed by atoms with van der Waals surface area (Å²) in [5.41, 5.74) is 0.631. The van der Waals surface area contributed by atoms with E-state index in [0.29, 0.717) is 12.3 Å². The quantitative estimate of drug-likeness (QED) is 0.380. The molecule has 0 bridgehead atoms. The Bertz CT molecular complexity index is 387. The van der Waals surface area contributed by atoms with Gasteiger partial charge in [0.2, 0.25) is 0 Å². The minimum Gasteiger partial charge on any atom is -0.860 e. The van der Waals surface area contributed by atoms with Gasteiger partial charge in [0.1, 0.15) is 5.75 Å². The maximum absolute atomic E-state index is 11.2. The summed E-state index contributed by atoms with van der Waals surface area (Å²) in [6.45, 7) is 3.83. The molecule has 0 radical (unpaired) electrons. The van der Waals surface area contributed by atoms with Gasteiger partial charge < -0.3 is 15.2 Å². The van der Waals surface area contributed by atoms with Crippen molar-refractivity contribution in [1.82, 2.24) is 0 Å². The summed E-state index contributed by atoms with van der Waals surface area (Å²) < 4.78 is 5.26. The van der Waals surface area contributed by atoms with Gasteiger partial charge in [-0.1, -0.05) is 0 Å². The Kier molecular flexibility index (Phi) is 7.70. The number of hydrogen-bond donors (Lipinski definition) is 1. The molecule has 1 aromatic carbocycles. The molecule has 0 atom stereocenters. The second-order valence-corrected chi connectivity index (χ2v) is 3.20. The van der Waals surface area contributed by atoms with Crippen LogP contribution in [0.25, 0.3) is 0 Å². The summed E-state index contributed by atoms with van der Waals surface area (Å²) in [5, 5.41) is 13.8. The first-order valence-corrected chi connectivity index (χ1v) is 5.01. The zero-order valence-electron chi connectivity index (χ0n) is 10.3. The molecule has 0 fully saturated rings. The van der Waals surface area contributed by atoms with Crippen LogP contribution in [0.4, 0.5) is 5.69 Å². The Morgan fingerprint density at radius 1 is 1.41 bits per heavy atom. The second kappa shape index (κ2) is 8.17. The number of benzene rings is 1. The van der Waals surface area contributed by atoms with Crippen molar-refractivity contribution >= 4 is 11.5 Å². The van der Waals surface area contributed by atoms with Crippen molar-refractivity contribution < 1.29 is 44.2 Å². The van der Waals surface area contributed by atoms with E-state index < -0.39 is 5.88 Å². The van der Waals surface area contributed by atoms with Crippen LogP contribution in [-0.2, 0) is 4.79 Å².